The highest BCUT2D eigenvalue weighted by Gasteiger charge is 2.11. The molecule has 78 valence electrons. The fraction of sp³-hybridized carbons (Fsp3) is 0.250. The lowest BCUT2D eigenvalue weighted by atomic mass is 10.0. The van der Waals surface area contributed by atoms with Crippen LogP contribution in [0.15, 0.2) is 35.3 Å². The van der Waals surface area contributed by atoms with Gasteiger partial charge in [0.2, 0.25) is 0 Å². The van der Waals surface area contributed by atoms with Gasteiger partial charge in [0.05, 0.1) is 6.10 Å². The minimum absolute atomic E-state index is 0.404. The van der Waals surface area contributed by atoms with Crippen molar-refractivity contribution in [3.63, 3.8) is 0 Å². The quantitative estimate of drug-likeness (QED) is 0.861. The van der Waals surface area contributed by atoms with Gasteiger partial charge in [-0.1, -0.05) is 0 Å². The van der Waals surface area contributed by atoms with E-state index in [1.165, 1.54) is 5.56 Å². The SMILES string of the molecule is Cc1cscc1C(O)Cc1ccncc1. The van der Waals surface area contributed by atoms with Crippen LogP contribution < -0.4 is 0 Å². The highest BCUT2D eigenvalue weighted by atomic mass is 32.1. The van der Waals surface area contributed by atoms with Crippen molar-refractivity contribution in [3.8, 4) is 0 Å². The Morgan fingerprint density at radius 2 is 2.07 bits per heavy atom. The van der Waals surface area contributed by atoms with Crippen LogP contribution in [0, 0.1) is 6.92 Å². The lowest BCUT2D eigenvalue weighted by Gasteiger charge is -2.10. The first-order valence-corrected chi connectivity index (χ1v) is 5.81. The van der Waals surface area contributed by atoms with Gasteiger partial charge in [0.1, 0.15) is 0 Å². The third kappa shape index (κ3) is 2.43. The molecule has 0 spiro atoms. The maximum Gasteiger partial charge on any atom is 0.0840 e. The molecule has 15 heavy (non-hydrogen) atoms. The number of hydrogen-bond donors (Lipinski definition) is 1. The van der Waals surface area contributed by atoms with Crippen LogP contribution in [0.4, 0.5) is 0 Å². The summed E-state index contributed by atoms with van der Waals surface area (Å²) < 4.78 is 0. The first-order chi connectivity index (χ1) is 7.27. The van der Waals surface area contributed by atoms with E-state index in [1.807, 2.05) is 24.4 Å². The minimum Gasteiger partial charge on any atom is -0.388 e. The molecule has 2 nitrogen and oxygen atoms in total. The Morgan fingerprint density at radius 1 is 1.33 bits per heavy atom. The topological polar surface area (TPSA) is 33.1 Å². The van der Waals surface area contributed by atoms with E-state index in [4.69, 9.17) is 0 Å². The van der Waals surface area contributed by atoms with Crippen molar-refractivity contribution in [2.75, 3.05) is 0 Å². The summed E-state index contributed by atoms with van der Waals surface area (Å²) in [6, 6.07) is 3.87. The van der Waals surface area contributed by atoms with Crippen LogP contribution in [0.5, 0.6) is 0 Å². The van der Waals surface area contributed by atoms with Crippen LogP contribution in [-0.4, -0.2) is 10.1 Å². The second-order valence-corrected chi connectivity index (χ2v) is 4.33. The van der Waals surface area contributed by atoms with Gasteiger partial charge < -0.3 is 5.11 Å². The van der Waals surface area contributed by atoms with Gasteiger partial charge in [-0.2, -0.15) is 11.3 Å². The molecule has 2 aromatic heterocycles. The number of hydrogen-bond acceptors (Lipinski definition) is 3. The van der Waals surface area contributed by atoms with Crippen molar-refractivity contribution < 1.29 is 5.11 Å². The number of aliphatic hydroxyl groups excluding tert-OH is 1. The third-order valence-electron chi connectivity index (χ3n) is 2.43. The largest absolute Gasteiger partial charge is 0.388 e. The average molecular weight is 219 g/mol. The number of thiophene rings is 1. The molecule has 2 rings (SSSR count). The summed E-state index contributed by atoms with van der Waals surface area (Å²) in [7, 11) is 0. The molecule has 0 radical (unpaired) electrons. The van der Waals surface area contributed by atoms with Crippen molar-refractivity contribution in [2.45, 2.75) is 19.4 Å². The molecule has 1 N–H and O–H groups in total. The van der Waals surface area contributed by atoms with E-state index >= 15 is 0 Å². The fourth-order valence-corrected chi connectivity index (χ4v) is 2.46. The highest BCUT2D eigenvalue weighted by molar-refractivity contribution is 7.08. The number of rotatable bonds is 3. The maximum absolute atomic E-state index is 10.0. The molecule has 1 atom stereocenters. The van der Waals surface area contributed by atoms with E-state index in [9.17, 15) is 5.11 Å². The van der Waals surface area contributed by atoms with Gasteiger partial charge in [0, 0.05) is 18.8 Å². The predicted octanol–water partition coefficient (Wildman–Crippen LogP) is 2.73. The zero-order valence-electron chi connectivity index (χ0n) is 8.55. The van der Waals surface area contributed by atoms with Crippen LogP contribution in [-0.2, 0) is 6.42 Å². The molecule has 2 heterocycles. The van der Waals surface area contributed by atoms with E-state index in [-0.39, 0.29) is 0 Å². The van der Waals surface area contributed by atoms with Crippen LogP contribution >= 0.6 is 11.3 Å². The monoisotopic (exact) mass is 219 g/mol. The predicted molar refractivity (Wildman–Crippen MR) is 62.0 cm³/mol. The maximum atomic E-state index is 10.0. The Balaban J connectivity index is 2.11. The Kier molecular flexibility index (Phi) is 3.14. The lowest BCUT2D eigenvalue weighted by Crippen LogP contribution is -2.01. The molecular formula is C12H13NOS. The number of nitrogens with zero attached hydrogens (tertiary/aromatic N) is 1. The molecule has 0 aliphatic rings. The van der Waals surface area contributed by atoms with Gasteiger partial charge in [-0.25, -0.2) is 0 Å². The summed E-state index contributed by atoms with van der Waals surface area (Å²) in [5.41, 5.74) is 3.32. The molecule has 0 aliphatic heterocycles. The van der Waals surface area contributed by atoms with Crippen molar-refractivity contribution in [1.82, 2.24) is 4.98 Å². The summed E-state index contributed by atoms with van der Waals surface area (Å²) in [6.07, 6.45) is 3.75. The van der Waals surface area contributed by atoms with Gasteiger partial charge >= 0.3 is 0 Å². The first-order valence-electron chi connectivity index (χ1n) is 4.87. The van der Waals surface area contributed by atoms with Gasteiger partial charge in [0.15, 0.2) is 0 Å². The van der Waals surface area contributed by atoms with E-state index in [0.717, 1.165) is 11.1 Å². The lowest BCUT2D eigenvalue weighted by molar-refractivity contribution is 0.178. The molecular weight excluding hydrogens is 206 g/mol. The zero-order valence-corrected chi connectivity index (χ0v) is 9.37. The minimum atomic E-state index is -0.404. The number of aromatic nitrogens is 1. The fourth-order valence-electron chi connectivity index (χ4n) is 1.56. The normalized spacial score (nSPS) is 12.7. The van der Waals surface area contributed by atoms with Crippen molar-refractivity contribution >= 4 is 11.3 Å². The van der Waals surface area contributed by atoms with E-state index in [1.54, 1.807) is 23.7 Å². The van der Waals surface area contributed by atoms with Crippen molar-refractivity contribution in [1.29, 1.82) is 0 Å². The summed E-state index contributed by atoms with van der Waals surface area (Å²) in [4.78, 5) is 3.95. The van der Waals surface area contributed by atoms with Gasteiger partial charge in [-0.3, -0.25) is 4.98 Å². The van der Waals surface area contributed by atoms with Gasteiger partial charge in [-0.05, 0) is 46.5 Å². The summed E-state index contributed by atoms with van der Waals surface area (Å²) >= 11 is 1.63. The Morgan fingerprint density at radius 3 is 2.67 bits per heavy atom. The van der Waals surface area contributed by atoms with Crippen LogP contribution in [0.3, 0.4) is 0 Å². The first kappa shape index (κ1) is 10.3. The number of aryl methyl sites for hydroxylation is 1. The number of pyridine rings is 1. The van der Waals surface area contributed by atoms with Crippen LogP contribution in [0.2, 0.25) is 0 Å². The standard InChI is InChI=1S/C12H13NOS/c1-9-7-15-8-11(9)12(14)6-10-2-4-13-5-3-10/h2-5,7-8,12,14H,6H2,1H3. The average Bonchev–Trinajstić information content (AvgIpc) is 2.66. The third-order valence-corrected chi connectivity index (χ3v) is 3.31. The molecule has 0 aliphatic carbocycles. The second-order valence-electron chi connectivity index (χ2n) is 3.59. The molecule has 2 aromatic rings. The Bertz CT molecular complexity index is 424. The smallest absolute Gasteiger partial charge is 0.0840 e. The molecule has 0 aromatic carbocycles. The molecule has 0 bridgehead atoms. The molecule has 0 amide bonds. The molecule has 0 saturated heterocycles. The van der Waals surface area contributed by atoms with Gasteiger partial charge in [-0.15, -0.1) is 0 Å². The van der Waals surface area contributed by atoms with Crippen LogP contribution in [0.1, 0.15) is 22.8 Å². The summed E-state index contributed by atoms with van der Waals surface area (Å²) in [5.74, 6) is 0. The highest BCUT2D eigenvalue weighted by Crippen LogP contribution is 2.24. The van der Waals surface area contributed by atoms with Crippen molar-refractivity contribution in [3.05, 3.63) is 52.0 Å². The Hall–Kier alpha value is -1.19. The molecule has 3 heteroatoms. The zero-order chi connectivity index (χ0) is 10.7. The van der Waals surface area contributed by atoms with E-state index in [0.29, 0.717) is 6.42 Å². The van der Waals surface area contributed by atoms with Crippen LogP contribution in [0.25, 0.3) is 0 Å². The molecule has 0 saturated carbocycles. The Labute approximate surface area is 93.2 Å². The summed E-state index contributed by atoms with van der Waals surface area (Å²) in [5, 5.41) is 14.1. The second kappa shape index (κ2) is 4.55. The van der Waals surface area contributed by atoms with Gasteiger partial charge in [0.25, 0.3) is 0 Å². The molecule has 1 unspecified atom stereocenters. The van der Waals surface area contributed by atoms with E-state index in [2.05, 4.69) is 10.4 Å². The van der Waals surface area contributed by atoms with E-state index < -0.39 is 6.10 Å². The molecule has 0 fully saturated rings. The summed E-state index contributed by atoms with van der Waals surface area (Å²) in [6.45, 7) is 2.03. The number of aliphatic hydroxyl groups is 1. The van der Waals surface area contributed by atoms with Crippen molar-refractivity contribution in [2.24, 2.45) is 0 Å².